The molecule has 1 saturated carbocycles. The molecular weight excluding hydrogens is 615 g/mol. The Morgan fingerprint density at radius 3 is 2.69 bits per heavy atom. The number of benzene rings is 1. The molecule has 1 spiro atoms. The molecule has 0 radical (unpaired) electrons. The summed E-state index contributed by atoms with van der Waals surface area (Å²) in [5, 5.41) is 24.4. The molecule has 1 aliphatic carbocycles. The maximum absolute atomic E-state index is 14.4. The number of aliphatic hydroxyl groups excluding tert-OH is 1. The second-order valence-corrected chi connectivity index (χ2v) is 13.0. The molecule has 6 heterocycles. The van der Waals surface area contributed by atoms with E-state index < -0.39 is 35.2 Å². The van der Waals surface area contributed by atoms with Gasteiger partial charge in [0.2, 0.25) is 6.41 Å². The standard InChI is InChI=1S/C29H29ClF3N9O3/c1-26(39-24(43)41-6-4-28(5-7-41)18-11-34-14-36-22(18)38-25(44)45-28)9-15-8-19(30)21-16(10-37-40-21)17(15)13-42-20(12-35-23(26)42)27(2-3-27)29(31,32)33/h8,10-12,14,25,44H,2-7,9,13H2,1H3,(H,37,40)(H,39,43)(H,34,36,38)/t25?,26-/m1/s1. The number of imidazole rings is 1. The SMILES string of the molecule is C[C@@]1(NC(=O)N2CCC3(CC2)OC(O)Nc2ncncc23)Cc2cc(Cl)c3[nH]ncc3c2Cn2c(C3(C(F)(F)F)CC3)cnc21. The summed E-state index contributed by atoms with van der Waals surface area (Å²) in [7, 11) is 0. The summed E-state index contributed by atoms with van der Waals surface area (Å²) in [6.45, 7) is 2.49. The molecule has 16 heteroatoms. The zero-order valence-corrected chi connectivity index (χ0v) is 24.8. The van der Waals surface area contributed by atoms with Crippen molar-refractivity contribution < 1.29 is 27.8 Å². The van der Waals surface area contributed by atoms with Gasteiger partial charge in [-0.3, -0.25) is 5.10 Å². The van der Waals surface area contributed by atoms with Crippen molar-refractivity contribution in [2.45, 2.75) is 74.7 Å². The van der Waals surface area contributed by atoms with Crippen molar-refractivity contribution in [3.8, 4) is 0 Å². The third-order valence-electron chi connectivity index (χ3n) is 9.93. The van der Waals surface area contributed by atoms with E-state index in [0.29, 0.717) is 46.0 Å². The summed E-state index contributed by atoms with van der Waals surface area (Å²) in [5.74, 6) is 0.821. The summed E-state index contributed by atoms with van der Waals surface area (Å²) in [6, 6.07) is 1.40. The topological polar surface area (TPSA) is 146 Å². The summed E-state index contributed by atoms with van der Waals surface area (Å²) in [6.07, 6.45) is 1.23. The molecule has 12 nitrogen and oxygen atoms in total. The van der Waals surface area contributed by atoms with Crippen LogP contribution >= 0.6 is 11.6 Å². The van der Waals surface area contributed by atoms with E-state index in [9.17, 15) is 23.1 Å². The molecule has 2 atom stereocenters. The highest BCUT2D eigenvalue weighted by molar-refractivity contribution is 6.35. The number of carbonyl (C=O) groups is 1. The number of likely N-dealkylation sites (tertiary alicyclic amines) is 1. The number of carbonyl (C=O) groups excluding carboxylic acids is 1. The number of piperidine rings is 1. The van der Waals surface area contributed by atoms with E-state index in [1.807, 2.05) is 0 Å². The fraction of sp³-hybridized carbons (Fsp3) is 0.483. The third kappa shape index (κ3) is 4.23. The molecule has 4 aromatic rings. The van der Waals surface area contributed by atoms with Crippen LogP contribution in [0.3, 0.4) is 0 Å². The maximum atomic E-state index is 14.4. The van der Waals surface area contributed by atoms with Gasteiger partial charge in [-0.05, 0) is 49.8 Å². The van der Waals surface area contributed by atoms with Crippen LogP contribution in [0.4, 0.5) is 23.8 Å². The number of amides is 2. The van der Waals surface area contributed by atoms with Gasteiger partial charge in [-0.1, -0.05) is 11.6 Å². The second kappa shape index (κ2) is 9.53. The molecule has 2 amide bonds. The molecule has 8 rings (SSSR count). The Morgan fingerprint density at radius 2 is 1.96 bits per heavy atom. The van der Waals surface area contributed by atoms with Crippen LogP contribution in [-0.4, -0.2) is 71.4 Å². The summed E-state index contributed by atoms with van der Waals surface area (Å²) >= 11 is 6.60. The number of ether oxygens (including phenoxy) is 1. The van der Waals surface area contributed by atoms with Crippen molar-refractivity contribution in [1.29, 1.82) is 0 Å². The van der Waals surface area contributed by atoms with Crippen LogP contribution in [0.1, 0.15) is 60.8 Å². The van der Waals surface area contributed by atoms with Crippen LogP contribution in [0.5, 0.6) is 0 Å². The number of anilines is 1. The normalized spacial score (nSPS) is 24.8. The second-order valence-electron chi connectivity index (χ2n) is 12.6. The molecule has 3 aromatic heterocycles. The van der Waals surface area contributed by atoms with Gasteiger partial charge in [0.25, 0.3) is 0 Å². The van der Waals surface area contributed by atoms with E-state index in [0.717, 1.165) is 11.1 Å². The van der Waals surface area contributed by atoms with Crippen LogP contribution in [-0.2, 0) is 34.3 Å². The molecule has 2 fully saturated rings. The molecule has 236 valence electrons. The number of urea groups is 1. The predicted molar refractivity (Wildman–Crippen MR) is 154 cm³/mol. The number of nitrogens with zero attached hydrogens (tertiary/aromatic N) is 6. The Balaban J connectivity index is 1.14. The van der Waals surface area contributed by atoms with Crippen LogP contribution in [0.15, 0.2) is 31.0 Å². The van der Waals surface area contributed by atoms with Crippen LogP contribution < -0.4 is 10.6 Å². The molecule has 3 aliphatic heterocycles. The lowest BCUT2D eigenvalue weighted by Crippen LogP contribution is -2.56. The summed E-state index contributed by atoms with van der Waals surface area (Å²) in [4.78, 5) is 28.5. The minimum Gasteiger partial charge on any atom is -0.351 e. The fourth-order valence-corrected chi connectivity index (χ4v) is 7.66. The molecule has 1 unspecified atom stereocenters. The van der Waals surface area contributed by atoms with Gasteiger partial charge >= 0.3 is 12.2 Å². The van der Waals surface area contributed by atoms with Crippen molar-refractivity contribution in [3.63, 3.8) is 0 Å². The van der Waals surface area contributed by atoms with Gasteiger partial charge in [0, 0.05) is 42.9 Å². The number of halogens is 4. The number of hydrogen-bond donors (Lipinski definition) is 4. The number of aliphatic hydroxyl groups is 1. The Morgan fingerprint density at radius 1 is 1.18 bits per heavy atom. The zero-order chi connectivity index (χ0) is 31.4. The number of rotatable bonds is 2. The van der Waals surface area contributed by atoms with Gasteiger partial charge in [-0.2, -0.15) is 18.3 Å². The molecule has 45 heavy (non-hydrogen) atoms. The van der Waals surface area contributed by atoms with Crippen LogP contribution in [0.25, 0.3) is 10.9 Å². The smallest absolute Gasteiger partial charge is 0.351 e. The third-order valence-corrected chi connectivity index (χ3v) is 10.2. The number of H-pyrrole nitrogens is 1. The van der Waals surface area contributed by atoms with E-state index in [-0.39, 0.29) is 44.6 Å². The van der Waals surface area contributed by atoms with Gasteiger partial charge in [0.1, 0.15) is 34.5 Å². The number of fused-ring (bicyclic) bond motifs is 6. The Labute approximate surface area is 259 Å². The first-order valence-corrected chi connectivity index (χ1v) is 15.1. The highest BCUT2D eigenvalue weighted by Gasteiger charge is 2.66. The minimum atomic E-state index is -4.44. The number of aromatic nitrogens is 6. The minimum absolute atomic E-state index is 0.0186. The van der Waals surface area contributed by atoms with Crippen LogP contribution in [0, 0.1) is 0 Å². The first kappa shape index (κ1) is 28.5. The molecule has 1 aromatic carbocycles. The summed E-state index contributed by atoms with van der Waals surface area (Å²) < 4.78 is 50.8. The van der Waals surface area contributed by atoms with Crippen LogP contribution in [0.2, 0.25) is 5.02 Å². The lowest BCUT2D eigenvalue weighted by molar-refractivity contribution is -0.198. The van der Waals surface area contributed by atoms with Gasteiger partial charge in [-0.15, -0.1) is 0 Å². The van der Waals surface area contributed by atoms with E-state index in [1.165, 1.54) is 12.5 Å². The molecule has 4 aliphatic rings. The average Bonchev–Trinajstić information content (AvgIpc) is 3.49. The Hall–Kier alpha value is -3.95. The predicted octanol–water partition coefficient (Wildman–Crippen LogP) is 4.04. The lowest BCUT2D eigenvalue weighted by atomic mass is 9.84. The van der Waals surface area contributed by atoms with Crippen molar-refractivity contribution in [1.82, 2.24) is 39.9 Å². The van der Waals surface area contributed by atoms with E-state index in [4.69, 9.17) is 16.3 Å². The first-order chi connectivity index (χ1) is 21.4. The monoisotopic (exact) mass is 643 g/mol. The molecule has 1 saturated heterocycles. The lowest BCUT2D eigenvalue weighted by Gasteiger charge is -2.46. The van der Waals surface area contributed by atoms with E-state index >= 15 is 0 Å². The highest BCUT2D eigenvalue weighted by atomic mass is 35.5. The maximum Gasteiger partial charge on any atom is 0.399 e. The van der Waals surface area contributed by atoms with Crippen molar-refractivity contribution in [3.05, 3.63) is 64.2 Å². The quantitative estimate of drug-likeness (QED) is 0.256. The van der Waals surface area contributed by atoms with Gasteiger partial charge < -0.3 is 29.9 Å². The number of hydrogen-bond acceptors (Lipinski definition) is 8. The highest BCUT2D eigenvalue weighted by Crippen LogP contribution is 2.59. The molecule has 0 bridgehead atoms. The largest absolute Gasteiger partial charge is 0.399 e. The molecular formula is C29H29ClF3N9O3. The van der Waals surface area contributed by atoms with Gasteiger partial charge in [-0.25, -0.2) is 19.7 Å². The van der Waals surface area contributed by atoms with Gasteiger partial charge in [0.05, 0.1) is 29.0 Å². The zero-order valence-electron chi connectivity index (χ0n) is 24.1. The van der Waals surface area contributed by atoms with Crippen molar-refractivity contribution in [2.75, 3.05) is 18.4 Å². The van der Waals surface area contributed by atoms with Gasteiger partial charge in [0.15, 0.2) is 0 Å². The fourth-order valence-electron chi connectivity index (χ4n) is 7.39. The van der Waals surface area contributed by atoms with Crippen molar-refractivity contribution in [2.24, 2.45) is 0 Å². The van der Waals surface area contributed by atoms with Crippen molar-refractivity contribution >= 4 is 34.4 Å². The molecule has 4 N–H and O–H groups in total. The summed E-state index contributed by atoms with van der Waals surface area (Å²) in [5.41, 5.74) is -1.07. The number of alkyl halides is 3. The number of nitrogens with one attached hydrogen (secondary N) is 3. The first-order valence-electron chi connectivity index (χ1n) is 14.7. The Kier molecular flexibility index (Phi) is 6.04. The Bertz CT molecular complexity index is 1850. The van der Waals surface area contributed by atoms with E-state index in [2.05, 4.69) is 35.8 Å². The van der Waals surface area contributed by atoms with E-state index in [1.54, 1.807) is 34.9 Å². The average molecular weight is 644 g/mol. The number of aromatic amines is 1.